The van der Waals surface area contributed by atoms with Crippen LogP contribution >= 0.6 is 0 Å². The molecule has 2 aromatic rings. The maximum absolute atomic E-state index is 14.4. The molecule has 0 saturated carbocycles. The number of nitrogens with one attached hydrogen (secondary N) is 3. The van der Waals surface area contributed by atoms with E-state index in [2.05, 4.69) is 16.0 Å². The molecule has 296 valence electrons. The maximum Gasteiger partial charge on any atom is 0.247 e. The van der Waals surface area contributed by atoms with Gasteiger partial charge < -0.3 is 35.4 Å². The third-order valence-corrected chi connectivity index (χ3v) is 9.83. The number of hydrogen-bond acceptors (Lipinski definition) is 9. The molecular formula is C41H59N5O8. The predicted octanol–water partition coefficient (Wildman–Crippen LogP) is 2.25. The van der Waals surface area contributed by atoms with Gasteiger partial charge in [0.1, 0.15) is 30.5 Å². The lowest BCUT2D eigenvalue weighted by atomic mass is 9.93. The van der Waals surface area contributed by atoms with E-state index in [4.69, 9.17) is 9.47 Å². The van der Waals surface area contributed by atoms with Crippen LogP contribution in [0.4, 0.5) is 0 Å². The Morgan fingerprint density at radius 3 is 1.93 bits per heavy atom. The lowest BCUT2D eigenvalue weighted by molar-refractivity contribution is -0.149. The van der Waals surface area contributed by atoms with Crippen LogP contribution in [0, 0.1) is 11.8 Å². The fraction of sp³-hybridized carbons (Fsp3) is 0.585. The van der Waals surface area contributed by atoms with Gasteiger partial charge in [0, 0.05) is 19.5 Å². The molecule has 0 aromatic heterocycles. The van der Waals surface area contributed by atoms with Crippen molar-refractivity contribution in [3.05, 3.63) is 71.8 Å². The van der Waals surface area contributed by atoms with E-state index in [0.717, 1.165) is 16.0 Å². The Kier molecular flexibility index (Phi) is 16.2. The van der Waals surface area contributed by atoms with E-state index in [9.17, 15) is 29.1 Å². The SMILES string of the molecule is CC(C)CC(C(=O)N[C@@H](Cc1ccccc1)C(=O)N[C@@H](CC(C)C)C(=O)[C@@]1(C)CO1)N(CO)C(=O)[C@H](CCc1ccccc1)NC(=O)CN1CCOCC1. The van der Waals surface area contributed by atoms with Gasteiger partial charge in [0.05, 0.1) is 32.4 Å². The summed E-state index contributed by atoms with van der Waals surface area (Å²) < 4.78 is 10.8. The average molecular weight is 750 g/mol. The van der Waals surface area contributed by atoms with Gasteiger partial charge in [0.2, 0.25) is 23.6 Å². The minimum absolute atomic E-state index is 0.0787. The molecule has 4 rings (SSSR count). The molecule has 13 heteroatoms. The molecule has 0 spiro atoms. The second-order valence-electron chi connectivity index (χ2n) is 15.5. The van der Waals surface area contributed by atoms with Gasteiger partial charge >= 0.3 is 0 Å². The topological polar surface area (TPSA) is 170 Å². The third kappa shape index (κ3) is 13.0. The normalized spacial score (nSPS) is 19.3. The molecule has 13 nitrogen and oxygen atoms in total. The summed E-state index contributed by atoms with van der Waals surface area (Å²) in [5.41, 5.74) is 0.793. The summed E-state index contributed by atoms with van der Waals surface area (Å²) in [7, 11) is 0. The van der Waals surface area contributed by atoms with Gasteiger partial charge in [-0.05, 0) is 55.6 Å². The van der Waals surface area contributed by atoms with E-state index >= 15 is 0 Å². The van der Waals surface area contributed by atoms with Crippen molar-refractivity contribution in [2.45, 2.75) is 96.5 Å². The van der Waals surface area contributed by atoms with E-state index in [-0.39, 0.29) is 55.9 Å². The van der Waals surface area contributed by atoms with E-state index in [1.807, 2.05) is 93.3 Å². The number of hydrogen-bond donors (Lipinski definition) is 4. The molecule has 4 amide bonds. The van der Waals surface area contributed by atoms with Crippen LogP contribution in [-0.2, 0) is 46.3 Å². The number of morpholine rings is 1. The first-order valence-corrected chi connectivity index (χ1v) is 19.2. The van der Waals surface area contributed by atoms with Crippen LogP contribution in [0.25, 0.3) is 0 Å². The number of aliphatic hydroxyl groups excluding tert-OH is 1. The molecule has 2 heterocycles. The van der Waals surface area contributed by atoms with Crippen molar-refractivity contribution < 1.29 is 38.6 Å². The van der Waals surface area contributed by atoms with Crippen molar-refractivity contribution >= 4 is 29.4 Å². The molecule has 4 N–H and O–H groups in total. The summed E-state index contributed by atoms with van der Waals surface area (Å²) in [6, 6.07) is 14.6. The van der Waals surface area contributed by atoms with Crippen LogP contribution < -0.4 is 16.0 Å². The first kappa shape index (κ1) is 42.6. The van der Waals surface area contributed by atoms with E-state index in [1.54, 1.807) is 6.92 Å². The zero-order valence-electron chi connectivity index (χ0n) is 32.4. The predicted molar refractivity (Wildman–Crippen MR) is 204 cm³/mol. The minimum Gasteiger partial charge on any atom is -0.379 e. The Balaban J connectivity index is 1.58. The molecule has 2 aliphatic rings. The van der Waals surface area contributed by atoms with Crippen molar-refractivity contribution in [3.63, 3.8) is 0 Å². The number of ketones is 1. The highest BCUT2D eigenvalue weighted by Crippen LogP contribution is 2.30. The number of carbonyl (C=O) groups excluding carboxylic acids is 5. The van der Waals surface area contributed by atoms with Crippen molar-refractivity contribution in [3.8, 4) is 0 Å². The number of rotatable bonds is 21. The van der Waals surface area contributed by atoms with Gasteiger partial charge in [-0.1, -0.05) is 88.4 Å². The summed E-state index contributed by atoms with van der Waals surface area (Å²) >= 11 is 0. The highest BCUT2D eigenvalue weighted by Gasteiger charge is 2.50. The Hall–Kier alpha value is -4.17. The van der Waals surface area contributed by atoms with Gasteiger partial charge in [-0.25, -0.2) is 0 Å². The van der Waals surface area contributed by atoms with Crippen LogP contribution in [0.15, 0.2) is 60.7 Å². The maximum atomic E-state index is 14.4. The summed E-state index contributed by atoms with van der Waals surface area (Å²) in [6.07, 6.45) is 1.38. The molecule has 5 atom stereocenters. The summed E-state index contributed by atoms with van der Waals surface area (Å²) in [5, 5.41) is 19.4. The van der Waals surface area contributed by atoms with Gasteiger partial charge in [-0.3, -0.25) is 28.9 Å². The molecule has 54 heavy (non-hydrogen) atoms. The Morgan fingerprint density at radius 2 is 1.37 bits per heavy atom. The molecule has 2 saturated heterocycles. The van der Waals surface area contributed by atoms with Gasteiger partial charge in [0.25, 0.3) is 0 Å². The number of epoxide rings is 1. The number of aryl methyl sites for hydroxylation is 1. The second-order valence-corrected chi connectivity index (χ2v) is 15.5. The van der Waals surface area contributed by atoms with Gasteiger partial charge in [-0.2, -0.15) is 0 Å². The van der Waals surface area contributed by atoms with Crippen molar-refractivity contribution in [1.29, 1.82) is 0 Å². The van der Waals surface area contributed by atoms with E-state index in [1.165, 1.54) is 0 Å². The van der Waals surface area contributed by atoms with Crippen molar-refractivity contribution in [2.24, 2.45) is 11.8 Å². The second kappa shape index (κ2) is 20.5. The fourth-order valence-corrected chi connectivity index (χ4v) is 6.68. The summed E-state index contributed by atoms with van der Waals surface area (Å²) in [5.74, 6) is -2.34. The monoisotopic (exact) mass is 749 g/mol. The van der Waals surface area contributed by atoms with Crippen LogP contribution in [0.3, 0.4) is 0 Å². The quantitative estimate of drug-likeness (QED) is 0.111. The first-order chi connectivity index (χ1) is 25.8. The molecule has 0 radical (unpaired) electrons. The highest BCUT2D eigenvalue weighted by molar-refractivity contribution is 5.98. The van der Waals surface area contributed by atoms with E-state index < -0.39 is 54.2 Å². The van der Waals surface area contributed by atoms with Crippen LogP contribution in [0.2, 0.25) is 0 Å². The molecule has 0 aliphatic carbocycles. The third-order valence-electron chi connectivity index (χ3n) is 9.83. The Bertz CT molecular complexity index is 1530. The number of amides is 4. The first-order valence-electron chi connectivity index (χ1n) is 19.2. The average Bonchev–Trinajstić information content (AvgIpc) is 3.91. The van der Waals surface area contributed by atoms with Gasteiger partial charge in [0.15, 0.2) is 5.78 Å². The number of aliphatic hydroxyl groups is 1. The minimum atomic E-state index is -1.17. The molecule has 1 unspecified atom stereocenters. The van der Waals surface area contributed by atoms with Crippen molar-refractivity contribution in [2.75, 3.05) is 46.2 Å². The molecular weight excluding hydrogens is 690 g/mol. The molecule has 0 bridgehead atoms. The summed E-state index contributed by atoms with van der Waals surface area (Å²) in [4.78, 5) is 72.5. The van der Waals surface area contributed by atoms with E-state index in [0.29, 0.717) is 39.1 Å². The largest absolute Gasteiger partial charge is 0.379 e. The molecule has 2 fully saturated rings. The standard InChI is InChI=1S/C41H59N5O8/c1-28(2)22-33(37(49)41(5)26-54-41)43-38(50)34(24-31-14-10-7-11-15-31)44-39(51)35(23-29(3)4)46(27-47)40(52)32(17-16-30-12-8-6-9-13-30)42-36(48)25-45-18-20-53-21-19-45/h6-15,28-29,32-35,47H,16-27H2,1-5H3,(H,42,48)(H,43,50)(H,44,51)/t32-,33-,34-,35?,41+/m0/s1. The van der Waals surface area contributed by atoms with Gasteiger partial charge in [-0.15, -0.1) is 0 Å². The highest BCUT2D eigenvalue weighted by atomic mass is 16.6. The number of Topliss-reactive ketones (excluding diaryl/α,β-unsaturated/α-hetero) is 1. The summed E-state index contributed by atoms with van der Waals surface area (Å²) in [6.45, 7) is 11.2. The smallest absolute Gasteiger partial charge is 0.247 e. The lowest BCUT2D eigenvalue weighted by Crippen LogP contribution is -2.60. The molecule has 2 aromatic carbocycles. The van der Waals surface area contributed by atoms with Crippen LogP contribution in [0.5, 0.6) is 0 Å². The number of benzene rings is 2. The number of nitrogens with zero attached hydrogens (tertiary/aromatic N) is 2. The van der Waals surface area contributed by atoms with Crippen LogP contribution in [0.1, 0.15) is 65.0 Å². The molecule has 2 aliphatic heterocycles. The van der Waals surface area contributed by atoms with Crippen molar-refractivity contribution in [1.82, 2.24) is 25.8 Å². The lowest BCUT2D eigenvalue weighted by Gasteiger charge is -2.34. The number of ether oxygens (including phenoxy) is 2. The zero-order chi connectivity index (χ0) is 39.3. The Morgan fingerprint density at radius 1 is 0.796 bits per heavy atom. The number of carbonyl (C=O) groups is 5. The fourth-order valence-electron chi connectivity index (χ4n) is 6.68. The van der Waals surface area contributed by atoms with Crippen LogP contribution in [-0.4, -0.2) is 120 Å². The Labute approximate surface area is 319 Å². The zero-order valence-corrected chi connectivity index (χ0v) is 32.4.